The van der Waals surface area contributed by atoms with Gasteiger partial charge in [0.1, 0.15) is 6.17 Å². The summed E-state index contributed by atoms with van der Waals surface area (Å²) in [5.41, 5.74) is 0. The molecule has 0 radical (unpaired) electrons. The standard InChI is InChI=1S/C10H18N2O/c13-9-5-4-6-11-10(9)12-7-2-1-3-8-12/h10-11H,1-8H2. The molecular formula is C10H18N2O. The number of hydrogen-bond acceptors (Lipinski definition) is 3. The fraction of sp³-hybridized carbons (Fsp3) is 0.900. The Morgan fingerprint density at radius 1 is 1.15 bits per heavy atom. The lowest BCUT2D eigenvalue weighted by molar-refractivity contribution is -0.127. The van der Waals surface area contributed by atoms with Crippen molar-refractivity contribution in [1.82, 2.24) is 10.2 Å². The summed E-state index contributed by atoms with van der Waals surface area (Å²) in [6.45, 7) is 3.21. The Bertz CT molecular complexity index is 187. The van der Waals surface area contributed by atoms with Crippen molar-refractivity contribution >= 4 is 5.78 Å². The molecule has 3 heteroatoms. The first-order valence-corrected chi connectivity index (χ1v) is 5.38. The molecule has 0 aromatic heterocycles. The topological polar surface area (TPSA) is 32.3 Å². The lowest BCUT2D eigenvalue weighted by Crippen LogP contribution is -2.55. The number of carbonyl (C=O) groups is 1. The van der Waals surface area contributed by atoms with Crippen molar-refractivity contribution in [3.63, 3.8) is 0 Å². The monoisotopic (exact) mass is 182 g/mol. The second-order valence-corrected chi connectivity index (χ2v) is 4.02. The first-order chi connectivity index (χ1) is 6.38. The Morgan fingerprint density at radius 3 is 2.62 bits per heavy atom. The molecule has 2 fully saturated rings. The van der Waals surface area contributed by atoms with Gasteiger partial charge in [-0.3, -0.25) is 15.0 Å². The van der Waals surface area contributed by atoms with E-state index in [1.165, 1.54) is 19.3 Å². The fourth-order valence-corrected chi connectivity index (χ4v) is 2.26. The average Bonchev–Trinajstić information content (AvgIpc) is 2.20. The SMILES string of the molecule is O=C1CCCNC1N1CCCCC1. The fourth-order valence-electron chi connectivity index (χ4n) is 2.26. The van der Waals surface area contributed by atoms with Gasteiger partial charge in [0, 0.05) is 19.5 Å². The summed E-state index contributed by atoms with van der Waals surface area (Å²) in [4.78, 5) is 13.9. The van der Waals surface area contributed by atoms with Gasteiger partial charge < -0.3 is 0 Å². The van der Waals surface area contributed by atoms with Gasteiger partial charge in [-0.25, -0.2) is 0 Å². The van der Waals surface area contributed by atoms with Crippen LogP contribution in [-0.4, -0.2) is 36.5 Å². The molecule has 0 aliphatic carbocycles. The predicted molar refractivity (Wildman–Crippen MR) is 51.5 cm³/mol. The van der Waals surface area contributed by atoms with Gasteiger partial charge in [0.05, 0.1) is 0 Å². The van der Waals surface area contributed by atoms with E-state index < -0.39 is 0 Å². The van der Waals surface area contributed by atoms with Crippen molar-refractivity contribution < 1.29 is 4.79 Å². The minimum absolute atomic E-state index is 0.0500. The molecule has 0 amide bonds. The van der Waals surface area contributed by atoms with Gasteiger partial charge in [-0.05, 0) is 25.8 Å². The van der Waals surface area contributed by atoms with Crippen LogP contribution in [0.25, 0.3) is 0 Å². The number of hydrogen-bond donors (Lipinski definition) is 1. The van der Waals surface area contributed by atoms with Gasteiger partial charge in [-0.1, -0.05) is 6.42 Å². The summed E-state index contributed by atoms with van der Waals surface area (Å²) in [5.74, 6) is 0.396. The third-order valence-electron chi connectivity index (χ3n) is 3.00. The molecule has 3 nitrogen and oxygen atoms in total. The van der Waals surface area contributed by atoms with Crippen molar-refractivity contribution in [3.05, 3.63) is 0 Å². The lowest BCUT2D eigenvalue weighted by atomic mass is 10.0. The van der Waals surface area contributed by atoms with Crippen LogP contribution in [0.2, 0.25) is 0 Å². The number of rotatable bonds is 1. The Kier molecular flexibility index (Phi) is 2.96. The van der Waals surface area contributed by atoms with E-state index in [1.807, 2.05) is 0 Å². The lowest BCUT2D eigenvalue weighted by Gasteiger charge is -2.36. The zero-order valence-electron chi connectivity index (χ0n) is 8.09. The number of Topliss-reactive ketones (excluding diaryl/α,β-unsaturated/α-hetero) is 1. The summed E-state index contributed by atoms with van der Waals surface area (Å²) < 4.78 is 0. The third-order valence-corrected chi connectivity index (χ3v) is 3.00. The number of piperidine rings is 2. The van der Waals surface area contributed by atoms with E-state index in [4.69, 9.17) is 0 Å². The number of nitrogens with one attached hydrogen (secondary N) is 1. The van der Waals surface area contributed by atoms with Crippen molar-refractivity contribution in [2.24, 2.45) is 0 Å². The molecule has 2 rings (SSSR count). The molecule has 0 spiro atoms. The summed E-state index contributed by atoms with van der Waals surface area (Å²) in [5, 5.41) is 3.31. The normalized spacial score (nSPS) is 32.0. The Hall–Kier alpha value is -0.410. The first kappa shape index (κ1) is 9.16. The summed E-state index contributed by atoms with van der Waals surface area (Å²) >= 11 is 0. The van der Waals surface area contributed by atoms with Crippen molar-refractivity contribution in [2.45, 2.75) is 38.3 Å². The van der Waals surface area contributed by atoms with Crippen LogP contribution in [0, 0.1) is 0 Å². The van der Waals surface area contributed by atoms with Crippen LogP contribution in [0.3, 0.4) is 0 Å². The van der Waals surface area contributed by atoms with Crippen LogP contribution >= 0.6 is 0 Å². The van der Waals surface area contributed by atoms with E-state index >= 15 is 0 Å². The van der Waals surface area contributed by atoms with E-state index in [-0.39, 0.29) is 6.17 Å². The van der Waals surface area contributed by atoms with Gasteiger partial charge in [-0.2, -0.15) is 0 Å². The molecule has 74 valence electrons. The van der Waals surface area contributed by atoms with Gasteiger partial charge in [0.15, 0.2) is 5.78 Å². The molecule has 0 aromatic rings. The smallest absolute Gasteiger partial charge is 0.164 e. The highest BCUT2D eigenvalue weighted by molar-refractivity contribution is 5.84. The molecule has 13 heavy (non-hydrogen) atoms. The molecule has 2 aliphatic heterocycles. The zero-order valence-corrected chi connectivity index (χ0v) is 8.09. The van der Waals surface area contributed by atoms with E-state index in [0.29, 0.717) is 5.78 Å². The number of likely N-dealkylation sites (tertiary alicyclic amines) is 1. The zero-order chi connectivity index (χ0) is 9.10. The van der Waals surface area contributed by atoms with Crippen LogP contribution in [0.1, 0.15) is 32.1 Å². The molecule has 1 N–H and O–H groups in total. The predicted octanol–water partition coefficient (Wildman–Crippen LogP) is 0.751. The summed E-state index contributed by atoms with van der Waals surface area (Å²) in [6, 6.07) is 0. The van der Waals surface area contributed by atoms with Gasteiger partial charge in [0.2, 0.25) is 0 Å². The molecular weight excluding hydrogens is 164 g/mol. The highest BCUT2D eigenvalue weighted by Crippen LogP contribution is 2.14. The quantitative estimate of drug-likeness (QED) is 0.649. The maximum Gasteiger partial charge on any atom is 0.164 e. The van der Waals surface area contributed by atoms with Crippen LogP contribution in [-0.2, 0) is 4.79 Å². The van der Waals surface area contributed by atoms with Crippen molar-refractivity contribution in [1.29, 1.82) is 0 Å². The number of ketones is 1. The minimum atomic E-state index is 0.0500. The molecule has 1 unspecified atom stereocenters. The number of carbonyl (C=O) groups excluding carboxylic acids is 1. The molecule has 0 saturated carbocycles. The first-order valence-electron chi connectivity index (χ1n) is 5.38. The third kappa shape index (κ3) is 2.09. The van der Waals surface area contributed by atoms with Gasteiger partial charge in [-0.15, -0.1) is 0 Å². The van der Waals surface area contributed by atoms with Crippen molar-refractivity contribution in [3.8, 4) is 0 Å². The Labute approximate surface area is 79.5 Å². The maximum absolute atomic E-state index is 11.6. The highest BCUT2D eigenvalue weighted by Gasteiger charge is 2.28. The van der Waals surface area contributed by atoms with E-state index in [0.717, 1.165) is 32.5 Å². The molecule has 0 aromatic carbocycles. The van der Waals surface area contributed by atoms with E-state index in [9.17, 15) is 4.79 Å². The second kappa shape index (κ2) is 4.20. The molecule has 2 heterocycles. The summed E-state index contributed by atoms with van der Waals surface area (Å²) in [6.07, 6.45) is 5.68. The van der Waals surface area contributed by atoms with Crippen LogP contribution < -0.4 is 5.32 Å². The maximum atomic E-state index is 11.6. The van der Waals surface area contributed by atoms with E-state index in [2.05, 4.69) is 10.2 Å². The Balaban J connectivity index is 1.92. The highest BCUT2D eigenvalue weighted by atomic mass is 16.1. The number of nitrogens with zero attached hydrogens (tertiary/aromatic N) is 1. The molecule has 1 atom stereocenters. The molecule has 2 saturated heterocycles. The average molecular weight is 182 g/mol. The van der Waals surface area contributed by atoms with Gasteiger partial charge in [0.25, 0.3) is 0 Å². The largest absolute Gasteiger partial charge is 0.296 e. The van der Waals surface area contributed by atoms with Crippen LogP contribution in [0.4, 0.5) is 0 Å². The van der Waals surface area contributed by atoms with Crippen molar-refractivity contribution in [2.75, 3.05) is 19.6 Å². The minimum Gasteiger partial charge on any atom is -0.296 e. The second-order valence-electron chi connectivity index (χ2n) is 4.02. The Morgan fingerprint density at radius 2 is 1.92 bits per heavy atom. The van der Waals surface area contributed by atoms with Crippen LogP contribution in [0.15, 0.2) is 0 Å². The molecule has 2 aliphatic rings. The van der Waals surface area contributed by atoms with Gasteiger partial charge >= 0.3 is 0 Å². The summed E-state index contributed by atoms with van der Waals surface area (Å²) in [7, 11) is 0. The molecule has 0 bridgehead atoms. The van der Waals surface area contributed by atoms with E-state index in [1.54, 1.807) is 0 Å². The van der Waals surface area contributed by atoms with Crippen LogP contribution in [0.5, 0.6) is 0 Å².